The number of carbonyl (C=O) groups excluding carboxylic acids is 1. The maximum absolute atomic E-state index is 11.1. The van der Waals surface area contributed by atoms with Crippen LogP contribution in [-0.4, -0.2) is 35.6 Å². The quantitative estimate of drug-likeness (QED) is 0.646. The molecule has 0 unspecified atom stereocenters. The van der Waals surface area contributed by atoms with Crippen LogP contribution in [0.4, 0.5) is 5.69 Å². The van der Waals surface area contributed by atoms with Crippen LogP contribution in [0.25, 0.3) is 0 Å². The Morgan fingerprint density at radius 2 is 2.20 bits per heavy atom. The van der Waals surface area contributed by atoms with Gasteiger partial charge in [-0.25, -0.2) is 4.79 Å². The predicted molar refractivity (Wildman–Crippen MR) is 53.8 cm³/mol. The number of anilines is 1. The minimum absolute atomic E-state index is 0.0391. The molecule has 1 heterocycles. The van der Waals surface area contributed by atoms with Crippen molar-refractivity contribution in [3.63, 3.8) is 0 Å². The molecule has 0 spiro atoms. The number of carboxylic acids is 1. The van der Waals surface area contributed by atoms with E-state index >= 15 is 0 Å². The fourth-order valence-electron chi connectivity index (χ4n) is 0.991. The zero-order valence-electron chi connectivity index (χ0n) is 8.15. The number of rotatable bonds is 4. The van der Waals surface area contributed by atoms with Crippen molar-refractivity contribution in [1.82, 2.24) is 10.3 Å². The molecule has 0 saturated carbocycles. The van der Waals surface area contributed by atoms with Crippen LogP contribution in [0.2, 0.25) is 0 Å². The lowest BCUT2D eigenvalue weighted by Crippen LogP contribution is -2.25. The first kappa shape index (κ1) is 11.1. The highest BCUT2D eigenvalue weighted by atomic mass is 16.4. The van der Waals surface area contributed by atoms with Gasteiger partial charge in [0, 0.05) is 6.20 Å². The third-order valence-electron chi connectivity index (χ3n) is 1.61. The van der Waals surface area contributed by atoms with Crippen LogP contribution >= 0.6 is 0 Å². The fourth-order valence-corrected chi connectivity index (χ4v) is 0.991. The molecule has 0 radical (unpaired) electrons. The number of nitrogens with zero attached hydrogens (tertiary/aromatic N) is 1. The summed E-state index contributed by atoms with van der Waals surface area (Å²) in [5.41, 5.74) is 0.410. The van der Waals surface area contributed by atoms with Crippen LogP contribution in [0.1, 0.15) is 10.4 Å². The molecule has 0 aromatic carbocycles. The summed E-state index contributed by atoms with van der Waals surface area (Å²) in [4.78, 5) is 25.4. The molecule has 1 aromatic heterocycles. The molecule has 3 N–H and O–H groups in total. The van der Waals surface area contributed by atoms with Crippen LogP contribution in [0.3, 0.4) is 0 Å². The molecule has 0 bridgehead atoms. The zero-order chi connectivity index (χ0) is 11.3. The van der Waals surface area contributed by atoms with Gasteiger partial charge in [-0.1, -0.05) is 0 Å². The van der Waals surface area contributed by atoms with Gasteiger partial charge in [0.25, 0.3) is 0 Å². The molecule has 0 aliphatic heterocycles. The largest absolute Gasteiger partial charge is 0.478 e. The van der Waals surface area contributed by atoms with Crippen LogP contribution in [0.15, 0.2) is 18.5 Å². The van der Waals surface area contributed by atoms with Crippen LogP contribution < -0.4 is 10.6 Å². The average molecular weight is 209 g/mol. The predicted octanol–water partition coefficient (Wildman–Crippen LogP) is -0.0623. The van der Waals surface area contributed by atoms with E-state index in [-0.39, 0.29) is 18.0 Å². The van der Waals surface area contributed by atoms with E-state index in [0.717, 1.165) is 0 Å². The molecular formula is C9H11N3O3. The number of hydrogen-bond donors (Lipinski definition) is 3. The maximum atomic E-state index is 11.1. The molecule has 0 atom stereocenters. The van der Waals surface area contributed by atoms with Gasteiger partial charge in [0.2, 0.25) is 5.91 Å². The minimum Gasteiger partial charge on any atom is -0.478 e. The second-order valence-electron chi connectivity index (χ2n) is 2.85. The molecular weight excluding hydrogens is 198 g/mol. The lowest BCUT2D eigenvalue weighted by atomic mass is 10.2. The van der Waals surface area contributed by atoms with E-state index in [4.69, 9.17) is 5.11 Å². The Balaban J connectivity index is 2.73. The average Bonchev–Trinajstić information content (AvgIpc) is 2.18. The van der Waals surface area contributed by atoms with Crippen LogP contribution in [0, 0.1) is 0 Å². The van der Waals surface area contributed by atoms with Gasteiger partial charge < -0.3 is 15.7 Å². The van der Waals surface area contributed by atoms with Crippen molar-refractivity contribution < 1.29 is 14.7 Å². The molecule has 1 aromatic rings. The Kier molecular flexibility index (Phi) is 3.75. The van der Waals surface area contributed by atoms with E-state index in [2.05, 4.69) is 15.6 Å². The van der Waals surface area contributed by atoms with Gasteiger partial charge in [-0.05, 0) is 13.1 Å². The third kappa shape index (κ3) is 3.35. The van der Waals surface area contributed by atoms with E-state index < -0.39 is 5.97 Å². The smallest absolute Gasteiger partial charge is 0.337 e. The number of nitrogens with one attached hydrogen (secondary N) is 2. The Labute approximate surface area is 86.3 Å². The SMILES string of the molecule is CNCC(=O)Nc1cncc(C(=O)O)c1. The molecule has 15 heavy (non-hydrogen) atoms. The zero-order valence-corrected chi connectivity index (χ0v) is 8.15. The first-order valence-electron chi connectivity index (χ1n) is 4.26. The number of carbonyl (C=O) groups is 2. The Morgan fingerprint density at radius 3 is 2.80 bits per heavy atom. The molecule has 6 heteroatoms. The summed E-state index contributed by atoms with van der Waals surface area (Å²) < 4.78 is 0. The van der Waals surface area contributed by atoms with Crippen molar-refractivity contribution in [3.05, 3.63) is 24.0 Å². The van der Waals surface area contributed by atoms with Gasteiger partial charge in [-0.2, -0.15) is 0 Å². The number of aromatic carboxylic acids is 1. The molecule has 1 rings (SSSR count). The molecule has 0 saturated heterocycles. The highest BCUT2D eigenvalue weighted by molar-refractivity contribution is 5.94. The summed E-state index contributed by atoms with van der Waals surface area (Å²) in [7, 11) is 1.64. The van der Waals surface area contributed by atoms with Gasteiger partial charge in [-0.15, -0.1) is 0 Å². The lowest BCUT2D eigenvalue weighted by Gasteiger charge is -2.04. The number of carboxylic acid groups (broad SMARTS) is 1. The summed E-state index contributed by atoms with van der Waals surface area (Å²) in [6.07, 6.45) is 2.61. The molecule has 80 valence electrons. The highest BCUT2D eigenvalue weighted by Crippen LogP contribution is 2.07. The third-order valence-corrected chi connectivity index (χ3v) is 1.61. The summed E-state index contributed by atoms with van der Waals surface area (Å²) in [6.45, 7) is 0.164. The van der Waals surface area contributed by atoms with Gasteiger partial charge in [0.15, 0.2) is 0 Å². The van der Waals surface area contributed by atoms with E-state index in [9.17, 15) is 9.59 Å². The van der Waals surface area contributed by atoms with Crippen molar-refractivity contribution in [2.24, 2.45) is 0 Å². The summed E-state index contributed by atoms with van der Waals surface area (Å²) in [5.74, 6) is -1.32. The number of pyridine rings is 1. The van der Waals surface area contributed by atoms with Crippen molar-refractivity contribution >= 4 is 17.6 Å². The van der Waals surface area contributed by atoms with Gasteiger partial charge in [-0.3, -0.25) is 9.78 Å². The van der Waals surface area contributed by atoms with E-state index in [1.165, 1.54) is 18.5 Å². The normalized spacial score (nSPS) is 9.67. The second-order valence-corrected chi connectivity index (χ2v) is 2.85. The van der Waals surface area contributed by atoms with Crippen LogP contribution in [0.5, 0.6) is 0 Å². The van der Waals surface area contributed by atoms with Crippen LogP contribution in [-0.2, 0) is 4.79 Å². The van der Waals surface area contributed by atoms with Crippen molar-refractivity contribution in [2.45, 2.75) is 0 Å². The van der Waals surface area contributed by atoms with Crippen molar-refractivity contribution in [1.29, 1.82) is 0 Å². The Bertz CT molecular complexity index is 379. The number of amides is 1. The Morgan fingerprint density at radius 1 is 1.47 bits per heavy atom. The standard InChI is InChI=1S/C9H11N3O3/c1-10-5-8(13)12-7-2-6(9(14)15)3-11-4-7/h2-4,10H,5H2,1H3,(H,12,13)(H,14,15). The molecule has 0 aliphatic carbocycles. The van der Waals surface area contributed by atoms with Gasteiger partial charge >= 0.3 is 5.97 Å². The topological polar surface area (TPSA) is 91.3 Å². The lowest BCUT2D eigenvalue weighted by molar-refractivity contribution is -0.115. The highest BCUT2D eigenvalue weighted by Gasteiger charge is 2.05. The Hall–Kier alpha value is -1.95. The number of likely N-dealkylation sites (N-methyl/N-ethyl adjacent to an activating group) is 1. The number of aromatic nitrogens is 1. The maximum Gasteiger partial charge on any atom is 0.337 e. The summed E-state index contributed by atoms with van der Waals surface area (Å²) in [5, 5.41) is 13.9. The van der Waals surface area contributed by atoms with E-state index in [1.807, 2.05) is 0 Å². The molecule has 6 nitrogen and oxygen atoms in total. The summed E-state index contributed by atoms with van der Waals surface area (Å²) >= 11 is 0. The molecule has 0 fully saturated rings. The van der Waals surface area contributed by atoms with E-state index in [1.54, 1.807) is 7.05 Å². The van der Waals surface area contributed by atoms with Gasteiger partial charge in [0.1, 0.15) is 0 Å². The minimum atomic E-state index is -1.08. The first-order valence-corrected chi connectivity index (χ1v) is 4.26. The molecule has 1 amide bonds. The van der Waals surface area contributed by atoms with Crippen molar-refractivity contribution in [2.75, 3.05) is 18.9 Å². The van der Waals surface area contributed by atoms with Crippen molar-refractivity contribution in [3.8, 4) is 0 Å². The second kappa shape index (κ2) is 5.06. The molecule has 0 aliphatic rings. The summed E-state index contributed by atoms with van der Waals surface area (Å²) in [6, 6.07) is 1.35. The van der Waals surface area contributed by atoms with Gasteiger partial charge in [0.05, 0.1) is 24.0 Å². The fraction of sp³-hybridized carbons (Fsp3) is 0.222. The monoisotopic (exact) mass is 209 g/mol. The van der Waals surface area contributed by atoms with E-state index in [0.29, 0.717) is 5.69 Å². The number of hydrogen-bond acceptors (Lipinski definition) is 4. The first-order chi connectivity index (χ1) is 7.13.